The van der Waals surface area contributed by atoms with Crippen molar-refractivity contribution < 1.29 is 27.2 Å². The van der Waals surface area contributed by atoms with Crippen molar-refractivity contribution in [2.45, 2.75) is 42.0 Å². The summed E-state index contributed by atoms with van der Waals surface area (Å²) in [6.45, 7) is 1.53. The van der Waals surface area contributed by atoms with Crippen molar-refractivity contribution in [3.05, 3.63) is 95.3 Å². The molecule has 3 atom stereocenters. The molecule has 0 radical (unpaired) electrons. The van der Waals surface area contributed by atoms with Gasteiger partial charge in [-0.2, -0.15) is 0 Å². The minimum atomic E-state index is -3.86. The number of hydrogen-bond donors (Lipinski definition) is 1. The lowest BCUT2D eigenvalue weighted by Gasteiger charge is -2.25. The molecule has 1 N–H and O–H groups in total. The van der Waals surface area contributed by atoms with Crippen LogP contribution in [0.5, 0.6) is 0 Å². The highest BCUT2D eigenvalue weighted by molar-refractivity contribution is 7.92. The van der Waals surface area contributed by atoms with Gasteiger partial charge >= 0.3 is 0 Å². The summed E-state index contributed by atoms with van der Waals surface area (Å²) in [6, 6.07) is 18.8. The van der Waals surface area contributed by atoms with Crippen molar-refractivity contribution in [1.82, 2.24) is 15.2 Å². The molecule has 5 rings (SSSR count). The van der Waals surface area contributed by atoms with Crippen LogP contribution >= 0.6 is 11.6 Å². The summed E-state index contributed by atoms with van der Waals surface area (Å²) in [7, 11) is -3.86. The van der Waals surface area contributed by atoms with Crippen LogP contribution in [0.25, 0.3) is 11.1 Å². The highest BCUT2D eigenvalue weighted by atomic mass is 35.5. The van der Waals surface area contributed by atoms with Gasteiger partial charge in [0.25, 0.3) is 11.8 Å². The molecule has 1 aliphatic rings. The smallest absolute Gasteiger partial charge is 0.266 e. The van der Waals surface area contributed by atoms with Gasteiger partial charge in [-0.3, -0.25) is 14.4 Å². The van der Waals surface area contributed by atoms with E-state index in [-0.39, 0.29) is 35.7 Å². The second-order valence-electron chi connectivity index (χ2n) is 9.52. The van der Waals surface area contributed by atoms with E-state index in [1.54, 1.807) is 61.5 Å². The second kappa shape index (κ2) is 11.2. The average molecular weight is 580 g/mol. The molecule has 0 spiro atoms. The zero-order chi connectivity index (χ0) is 28.4. The van der Waals surface area contributed by atoms with E-state index in [1.807, 2.05) is 0 Å². The molecule has 0 aliphatic carbocycles. The third kappa shape index (κ3) is 5.37. The molecule has 11 heteroatoms. The number of hydrogen-bond acceptors (Lipinski definition) is 7. The molecule has 1 aliphatic heterocycles. The first kappa shape index (κ1) is 27.5. The quantitative estimate of drug-likeness (QED) is 0.308. The molecule has 1 fully saturated rings. The van der Waals surface area contributed by atoms with Crippen LogP contribution in [0.2, 0.25) is 5.02 Å². The number of likely N-dealkylation sites (tertiary alicyclic amines) is 1. The molecular weight excluding hydrogens is 554 g/mol. The Labute approximate surface area is 236 Å². The topological polar surface area (TPSA) is 127 Å². The summed E-state index contributed by atoms with van der Waals surface area (Å²) in [5, 5.41) is 2.12. The van der Waals surface area contributed by atoms with E-state index in [0.29, 0.717) is 16.1 Å². The predicted molar refractivity (Wildman–Crippen MR) is 149 cm³/mol. The first-order chi connectivity index (χ1) is 19.2. The van der Waals surface area contributed by atoms with Crippen LogP contribution in [-0.2, 0) is 14.6 Å². The number of carbonyl (C=O) groups is 3. The number of para-hydroxylation sites is 2. The van der Waals surface area contributed by atoms with Gasteiger partial charge in [0.05, 0.1) is 16.2 Å². The number of fused-ring (bicyclic) bond motifs is 1. The third-order valence-electron chi connectivity index (χ3n) is 6.97. The SMILES string of the molecule is CCC(NC(=O)[C@@H]1C[C@@H](S(=O)(=O)c2ccccc2)CN1C(=O)c1ccc(Cl)cc1)C(=O)c1nc2ccccc2o1. The summed E-state index contributed by atoms with van der Waals surface area (Å²) in [6.07, 6.45) is 0.1000. The van der Waals surface area contributed by atoms with Crippen molar-refractivity contribution >= 4 is 50.1 Å². The van der Waals surface area contributed by atoms with E-state index in [2.05, 4.69) is 10.3 Å². The Morgan fingerprint density at radius 1 is 1.02 bits per heavy atom. The molecule has 0 bridgehead atoms. The minimum Gasteiger partial charge on any atom is -0.434 e. The number of aromatic nitrogens is 1. The molecule has 4 aromatic rings. The van der Waals surface area contributed by atoms with E-state index < -0.39 is 44.8 Å². The Kier molecular flexibility index (Phi) is 7.73. The summed E-state index contributed by atoms with van der Waals surface area (Å²) >= 11 is 5.97. The van der Waals surface area contributed by atoms with Gasteiger partial charge in [-0.05, 0) is 61.4 Å². The number of sulfone groups is 1. The highest BCUT2D eigenvalue weighted by Gasteiger charge is 2.46. The fourth-order valence-corrected chi connectivity index (χ4v) is 6.64. The van der Waals surface area contributed by atoms with Crippen LogP contribution in [0, 0.1) is 0 Å². The number of Topliss-reactive ketones (excluding diaryl/α,β-unsaturated/α-hetero) is 1. The Hall–Kier alpha value is -4.02. The number of benzene rings is 3. The number of amides is 2. The van der Waals surface area contributed by atoms with Crippen LogP contribution in [0.4, 0.5) is 0 Å². The second-order valence-corrected chi connectivity index (χ2v) is 12.2. The average Bonchev–Trinajstić information content (AvgIpc) is 3.62. The van der Waals surface area contributed by atoms with Crippen LogP contribution in [0.15, 0.2) is 88.2 Å². The summed E-state index contributed by atoms with van der Waals surface area (Å²) in [4.78, 5) is 45.9. The summed E-state index contributed by atoms with van der Waals surface area (Å²) in [5.41, 5.74) is 1.21. The number of oxazole rings is 1. The van der Waals surface area contributed by atoms with Gasteiger partial charge < -0.3 is 14.6 Å². The number of nitrogens with one attached hydrogen (secondary N) is 1. The number of carbonyl (C=O) groups excluding carboxylic acids is 3. The van der Waals surface area contributed by atoms with E-state index in [1.165, 1.54) is 29.2 Å². The summed E-state index contributed by atoms with van der Waals surface area (Å²) in [5.74, 6) is -1.81. The fraction of sp³-hybridized carbons (Fsp3) is 0.241. The van der Waals surface area contributed by atoms with Gasteiger partial charge in [-0.1, -0.05) is 48.9 Å². The molecule has 0 saturated carbocycles. The van der Waals surface area contributed by atoms with Crippen molar-refractivity contribution in [2.24, 2.45) is 0 Å². The van der Waals surface area contributed by atoms with Gasteiger partial charge in [0.1, 0.15) is 11.6 Å². The zero-order valence-corrected chi connectivity index (χ0v) is 23.1. The van der Waals surface area contributed by atoms with E-state index in [0.717, 1.165) is 0 Å². The highest BCUT2D eigenvalue weighted by Crippen LogP contribution is 2.30. The lowest BCUT2D eigenvalue weighted by molar-refractivity contribution is -0.125. The summed E-state index contributed by atoms with van der Waals surface area (Å²) < 4.78 is 32.5. The largest absolute Gasteiger partial charge is 0.434 e. The molecule has 1 unspecified atom stereocenters. The van der Waals surface area contributed by atoms with Gasteiger partial charge in [0, 0.05) is 17.1 Å². The zero-order valence-electron chi connectivity index (χ0n) is 21.5. The Bertz CT molecular complexity index is 1640. The van der Waals surface area contributed by atoms with Crippen molar-refractivity contribution in [2.75, 3.05) is 6.54 Å². The molecule has 2 heterocycles. The first-order valence-corrected chi connectivity index (χ1v) is 14.7. The van der Waals surface area contributed by atoms with E-state index in [4.69, 9.17) is 16.0 Å². The number of nitrogens with zero attached hydrogens (tertiary/aromatic N) is 2. The van der Waals surface area contributed by atoms with Gasteiger partial charge in [-0.15, -0.1) is 0 Å². The normalized spacial score (nSPS) is 18.0. The molecule has 206 valence electrons. The fourth-order valence-electron chi connectivity index (χ4n) is 4.80. The van der Waals surface area contributed by atoms with Gasteiger partial charge in [0.2, 0.25) is 11.7 Å². The van der Waals surface area contributed by atoms with Crippen molar-refractivity contribution in [3.63, 3.8) is 0 Å². The molecule has 1 aromatic heterocycles. The number of halogens is 1. The van der Waals surface area contributed by atoms with Gasteiger partial charge in [-0.25, -0.2) is 13.4 Å². The lowest BCUT2D eigenvalue weighted by atomic mass is 10.1. The minimum absolute atomic E-state index is 0.109. The third-order valence-corrected chi connectivity index (χ3v) is 9.37. The Morgan fingerprint density at radius 2 is 1.70 bits per heavy atom. The molecule has 40 heavy (non-hydrogen) atoms. The molecule has 2 amide bonds. The van der Waals surface area contributed by atoms with Crippen LogP contribution in [0.1, 0.15) is 40.8 Å². The monoisotopic (exact) mass is 579 g/mol. The maximum atomic E-state index is 13.6. The lowest BCUT2D eigenvalue weighted by Crippen LogP contribution is -2.50. The molecule has 1 saturated heterocycles. The maximum absolute atomic E-state index is 13.6. The Balaban J connectivity index is 1.42. The van der Waals surface area contributed by atoms with E-state index in [9.17, 15) is 22.8 Å². The van der Waals surface area contributed by atoms with Crippen LogP contribution in [0.3, 0.4) is 0 Å². The van der Waals surface area contributed by atoms with Crippen molar-refractivity contribution in [3.8, 4) is 0 Å². The molecule has 3 aromatic carbocycles. The standard InChI is InChI=1S/C29H26ClN3O6S/c1-2-22(26(34)28-32-23-10-6-7-11-25(23)39-28)31-27(35)24-16-21(40(37,38)20-8-4-3-5-9-20)17-33(24)29(36)18-12-14-19(30)15-13-18/h3-15,21-22,24H,2,16-17H2,1H3,(H,31,35)/t21-,22?,24+/m1/s1. The van der Waals surface area contributed by atoms with Crippen LogP contribution < -0.4 is 5.32 Å². The van der Waals surface area contributed by atoms with Crippen molar-refractivity contribution in [1.29, 1.82) is 0 Å². The first-order valence-electron chi connectivity index (χ1n) is 12.7. The number of ketones is 1. The Morgan fingerprint density at radius 3 is 2.38 bits per heavy atom. The van der Waals surface area contributed by atoms with E-state index >= 15 is 0 Å². The predicted octanol–water partition coefficient (Wildman–Crippen LogP) is 4.32. The van der Waals surface area contributed by atoms with Gasteiger partial charge in [0.15, 0.2) is 15.4 Å². The molecule has 9 nitrogen and oxygen atoms in total. The number of rotatable bonds is 8. The molecular formula is C29H26ClN3O6S. The van der Waals surface area contributed by atoms with Crippen LogP contribution in [-0.4, -0.2) is 59.8 Å². The maximum Gasteiger partial charge on any atom is 0.266 e.